The minimum atomic E-state index is -1.31. The Balaban J connectivity index is 0.00000401. The minimum Gasteiger partial charge on any atom is -0.545 e. The number of hydrogen-bond donors (Lipinski definition) is 0. The number of carboxylic acids is 1. The van der Waals surface area contributed by atoms with Gasteiger partial charge in [0.15, 0.2) is 17.2 Å². The number of hydrogen-bond acceptors (Lipinski definition) is 8. The largest absolute Gasteiger partial charge is 1.00 e. The van der Waals surface area contributed by atoms with Crippen molar-refractivity contribution in [1.29, 1.82) is 0 Å². The average molecular weight is 659 g/mol. The Labute approximate surface area is 303 Å². The van der Waals surface area contributed by atoms with Crippen LogP contribution in [0.25, 0.3) is 32.6 Å². The van der Waals surface area contributed by atoms with Crippen LogP contribution < -0.4 is 48.9 Å². The van der Waals surface area contributed by atoms with Crippen molar-refractivity contribution in [3.05, 3.63) is 155 Å². The maximum absolute atomic E-state index is 12.4. The molecule has 4 aromatic carbocycles. The SMILES string of the molecule is O=C([O-])/C(=C/c1sc2cc(OCc3ccccc3)c(OCc3ccccc3)cc2c1Oc1ccc2ncccc2c1)c1ccncc1.[Na+]. The average Bonchev–Trinajstić information content (AvgIpc) is 3.44. The number of carbonyl (C=O) groups is 1. The number of thiophene rings is 1. The number of aliphatic carboxylic acids is 1. The van der Waals surface area contributed by atoms with E-state index in [9.17, 15) is 9.90 Å². The Morgan fingerprint density at radius 3 is 2.08 bits per heavy atom. The number of benzene rings is 4. The second kappa shape index (κ2) is 15.3. The summed E-state index contributed by atoms with van der Waals surface area (Å²) in [5.74, 6) is 0.851. The zero-order chi connectivity index (χ0) is 32.0. The van der Waals surface area contributed by atoms with E-state index in [1.54, 1.807) is 36.8 Å². The molecule has 48 heavy (non-hydrogen) atoms. The standard InChI is InChI=1S/C39H28N2O5S.Na/c42-39(43)31(28-15-18-40-19-16-28)22-37-38(46-30-13-14-33-29(20-30)12-7-17-41-33)32-21-34(44-24-26-8-3-1-4-9-26)35(23-36(32)47-37)45-25-27-10-5-2-6-11-27;/h1-23H,24-25H2,(H,42,43);/q;+1/p-1/b31-22+;. The van der Waals surface area contributed by atoms with E-state index in [2.05, 4.69) is 9.97 Å². The molecular weight excluding hydrogens is 631 g/mol. The molecule has 3 aromatic heterocycles. The van der Waals surface area contributed by atoms with Crippen molar-refractivity contribution in [2.45, 2.75) is 13.2 Å². The van der Waals surface area contributed by atoms with Crippen molar-refractivity contribution in [1.82, 2.24) is 9.97 Å². The summed E-state index contributed by atoms with van der Waals surface area (Å²) in [7, 11) is 0. The van der Waals surface area contributed by atoms with Crippen molar-refractivity contribution in [2.24, 2.45) is 0 Å². The predicted molar refractivity (Wildman–Crippen MR) is 182 cm³/mol. The first-order valence-corrected chi connectivity index (χ1v) is 15.7. The van der Waals surface area contributed by atoms with Gasteiger partial charge < -0.3 is 24.1 Å². The van der Waals surface area contributed by atoms with E-state index in [-0.39, 0.29) is 35.1 Å². The van der Waals surface area contributed by atoms with Gasteiger partial charge in [-0.15, -0.1) is 11.3 Å². The van der Waals surface area contributed by atoms with Crippen LogP contribution in [-0.4, -0.2) is 15.9 Å². The number of fused-ring (bicyclic) bond motifs is 2. The first kappa shape index (κ1) is 32.9. The van der Waals surface area contributed by atoms with Crippen LogP contribution in [-0.2, 0) is 18.0 Å². The van der Waals surface area contributed by atoms with Gasteiger partial charge in [0.1, 0.15) is 19.0 Å². The van der Waals surface area contributed by atoms with Crippen LogP contribution in [0, 0.1) is 0 Å². The summed E-state index contributed by atoms with van der Waals surface area (Å²) in [6.45, 7) is 0.674. The fourth-order valence-electron chi connectivity index (χ4n) is 5.15. The van der Waals surface area contributed by atoms with Crippen LogP contribution in [0.15, 0.2) is 134 Å². The van der Waals surface area contributed by atoms with Crippen LogP contribution in [0.5, 0.6) is 23.0 Å². The van der Waals surface area contributed by atoms with Crippen molar-refractivity contribution in [3.63, 3.8) is 0 Å². The molecule has 0 aliphatic carbocycles. The molecule has 7 rings (SSSR count). The molecule has 230 valence electrons. The first-order chi connectivity index (χ1) is 23.1. The molecule has 0 saturated heterocycles. The predicted octanol–water partition coefficient (Wildman–Crippen LogP) is 5.09. The van der Waals surface area contributed by atoms with Gasteiger partial charge >= 0.3 is 29.6 Å². The number of carboxylic acid groups (broad SMARTS) is 1. The van der Waals surface area contributed by atoms with Crippen LogP contribution in [0.2, 0.25) is 0 Å². The maximum atomic E-state index is 12.4. The summed E-state index contributed by atoms with van der Waals surface area (Å²) in [6.07, 6.45) is 6.42. The van der Waals surface area contributed by atoms with E-state index in [4.69, 9.17) is 14.2 Å². The van der Waals surface area contributed by atoms with Crippen LogP contribution >= 0.6 is 11.3 Å². The molecule has 0 aliphatic rings. The summed E-state index contributed by atoms with van der Waals surface area (Å²) < 4.78 is 20.1. The fourth-order valence-corrected chi connectivity index (χ4v) is 6.24. The topological polar surface area (TPSA) is 93.6 Å². The van der Waals surface area contributed by atoms with Gasteiger partial charge in [-0.2, -0.15) is 0 Å². The molecule has 0 bridgehead atoms. The summed E-state index contributed by atoms with van der Waals surface area (Å²) in [5.41, 5.74) is 3.34. The van der Waals surface area contributed by atoms with Gasteiger partial charge in [-0.25, -0.2) is 0 Å². The van der Waals surface area contributed by atoms with Gasteiger partial charge in [0.25, 0.3) is 0 Å². The molecule has 0 saturated carbocycles. The Hall–Kier alpha value is -4.99. The molecule has 3 heterocycles. The molecule has 0 fully saturated rings. The molecule has 7 aromatic rings. The number of aromatic nitrogens is 2. The number of nitrogens with zero attached hydrogens (tertiary/aromatic N) is 2. The maximum Gasteiger partial charge on any atom is 1.00 e. The quantitative estimate of drug-likeness (QED) is 0.141. The molecule has 0 N–H and O–H groups in total. The van der Waals surface area contributed by atoms with E-state index in [1.807, 2.05) is 103 Å². The van der Waals surface area contributed by atoms with Crippen molar-refractivity contribution >= 4 is 49.9 Å². The first-order valence-electron chi connectivity index (χ1n) is 14.9. The summed E-state index contributed by atoms with van der Waals surface area (Å²) in [5, 5.41) is 14.1. The van der Waals surface area contributed by atoms with Crippen LogP contribution in [0.4, 0.5) is 0 Å². The molecular formula is C39H27N2NaO5S. The van der Waals surface area contributed by atoms with E-state index < -0.39 is 5.97 Å². The third kappa shape index (κ3) is 7.59. The van der Waals surface area contributed by atoms with Crippen molar-refractivity contribution < 1.29 is 53.7 Å². The van der Waals surface area contributed by atoms with Crippen LogP contribution in [0.3, 0.4) is 0 Å². The third-order valence-electron chi connectivity index (χ3n) is 7.49. The third-order valence-corrected chi connectivity index (χ3v) is 8.57. The normalized spacial score (nSPS) is 11.2. The molecule has 0 amide bonds. The number of pyridine rings is 2. The number of rotatable bonds is 11. The van der Waals surface area contributed by atoms with Gasteiger partial charge in [0, 0.05) is 45.7 Å². The van der Waals surface area contributed by atoms with Gasteiger partial charge in [0.05, 0.1) is 16.4 Å². The fraction of sp³-hybridized carbons (Fsp3) is 0.0513. The molecule has 7 nitrogen and oxygen atoms in total. The van der Waals surface area contributed by atoms with Crippen molar-refractivity contribution in [2.75, 3.05) is 0 Å². The summed E-state index contributed by atoms with van der Waals surface area (Å²) in [4.78, 5) is 21.4. The monoisotopic (exact) mass is 658 g/mol. The van der Waals surface area contributed by atoms with E-state index in [0.717, 1.165) is 32.1 Å². The van der Waals surface area contributed by atoms with Gasteiger partial charge in [-0.05, 0) is 65.2 Å². The molecule has 0 spiro atoms. The molecule has 0 aliphatic heterocycles. The Bertz CT molecular complexity index is 2210. The number of carbonyl (C=O) groups excluding carboxylic acids is 1. The van der Waals surface area contributed by atoms with Crippen LogP contribution in [0.1, 0.15) is 21.6 Å². The Morgan fingerprint density at radius 1 is 0.750 bits per heavy atom. The van der Waals surface area contributed by atoms with Gasteiger partial charge in [-0.3, -0.25) is 9.97 Å². The van der Waals surface area contributed by atoms with E-state index in [1.165, 1.54) is 11.3 Å². The second-order valence-electron chi connectivity index (χ2n) is 10.7. The molecule has 0 unspecified atom stereocenters. The van der Waals surface area contributed by atoms with Gasteiger partial charge in [-0.1, -0.05) is 66.7 Å². The van der Waals surface area contributed by atoms with E-state index >= 15 is 0 Å². The molecule has 0 atom stereocenters. The molecule has 9 heteroatoms. The Morgan fingerprint density at radius 2 is 1.42 bits per heavy atom. The van der Waals surface area contributed by atoms with Gasteiger partial charge in [0.2, 0.25) is 0 Å². The smallest absolute Gasteiger partial charge is 0.545 e. The summed E-state index contributed by atoms with van der Waals surface area (Å²) in [6, 6.07) is 36.4. The Kier molecular flexibility index (Phi) is 10.5. The summed E-state index contributed by atoms with van der Waals surface area (Å²) >= 11 is 1.39. The number of ether oxygens (including phenoxy) is 3. The molecule has 0 radical (unpaired) electrons. The zero-order valence-corrected chi connectivity index (χ0v) is 28.9. The minimum absolute atomic E-state index is 0. The van der Waals surface area contributed by atoms with E-state index in [0.29, 0.717) is 46.7 Å². The zero-order valence-electron chi connectivity index (χ0n) is 26.0. The van der Waals surface area contributed by atoms with Crippen molar-refractivity contribution in [3.8, 4) is 23.0 Å². The second-order valence-corrected chi connectivity index (χ2v) is 11.8.